The minimum Gasteiger partial charge on any atom is -1.00 e. The number of hydrogen-bond donors (Lipinski definition) is 0. The van der Waals surface area contributed by atoms with Gasteiger partial charge in [-0.1, -0.05) is 95.6 Å². The highest BCUT2D eigenvalue weighted by Crippen LogP contribution is 2.13. The maximum absolute atomic E-state index is 5.92. The molecule has 136 valence electrons. The van der Waals surface area contributed by atoms with E-state index in [1.165, 1.54) is 96.4 Å². The zero-order valence-electron chi connectivity index (χ0n) is 15.5. The molecular formula is C19H41BrClN. The summed E-state index contributed by atoms with van der Waals surface area (Å²) in [5.41, 5.74) is 0. The van der Waals surface area contributed by atoms with E-state index < -0.39 is 0 Å². The Morgan fingerprint density at radius 1 is 0.591 bits per heavy atom. The van der Waals surface area contributed by atoms with Crippen LogP contribution in [0.2, 0.25) is 0 Å². The zero-order valence-corrected chi connectivity index (χ0v) is 17.9. The summed E-state index contributed by atoms with van der Waals surface area (Å²) in [7, 11) is 4.44. The molecule has 1 nitrogen and oxygen atoms in total. The van der Waals surface area contributed by atoms with Gasteiger partial charge in [-0.05, 0) is 12.8 Å². The van der Waals surface area contributed by atoms with Crippen LogP contribution < -0.4 is 17.0 Å². The Hall–Kier alpha value is 0.730. The topological polar surface area (TPSA) is 0 Å². The Labute approximate surface area is 156 Å². The SMILES string of the molecule is CCCCCCCCCCCCCCCC[N+](C)(C)CCl.[Br-]. The molecule has 0 saturated heterocycles. The first kappa shape index (κ1) is 25.0. The van der Waals surface area contributed by atoms with Crippen molar-refractivity contribution in [2.24, 2.45) is 0 Å². The van der Waals surface area contributed by atoms with Gasteiger partial charge in [0.1, 0.15) is 0 Å². The van der Waals surface area contributed by atoms with E-state index >= 15 is 0 Å². The van der Waals surface area contributed by atoms with Crippen LogP contribution in [0, 0.1) is 0 Å². The van der Waals surface area contributed by atoms with Crippen LogP contribution in [0.1, 0.15) is 96.8 Å². The van der Waals surface area contributed by atoms with E-state index in [1.54, 1.807) is 0 Å². The summed E-state index contributed by atoms with van der Waals surface area (Å²) >= 11 is 5.92. The van der Waals surface area contributed by atoms with E-state index in [1.807, 2.05) is 0 Å². The Morgan fingerprint density at radius 3 is 1.23 bits per heavy atom. The number of halogens is 2. The molecule has 0 rings (SSSR count). The van der Waals surface area contributed by atoms with Gasteiger partial charge in [-0.3, -0.25) is 0 Å². The van der Waals surface area contributed by atoms with Crippen LogP contribution in [0.4, 0.5) is 0 Å². The Balaban J connectivity index is 0. The molecular weight excluding hydrogens is 358 g/mol. The molecule has 0 aliphatic carbocycles. The van der Waals surface area contributed by atoms with E-state index in [9.17, 15) is 0 Å². The van der Waals surface area contributed by atoms with Crippen molar-refractivity contribution in [2.45, 2.75) is 96.8 Å². The van der Waals surface area contributed by atoms with Crippen molar-refractivity contribution in [1.29, 1.82) is 0 Å². The van der Waals surface area contributed by atoms with Gasteiger partial charge in [-0.15, -0.1) is 0 Å². The lowest BCUT2D eigenvalue weighted by Crippen LogP contribution is -3.00. The molecule has 0 aromatic rings. The standard InChI is InChI=1S/C19H41ClN.BrH/c1-4-5-6-7-8-9-10-11-12-13-14-15-16-17-18-21(2,3)19-20;/h4-19H2,1-3H3;1H/q+1;/p-1. The average molecular weight is 399 g/mol. The second kappa shape index (κ2) is 18.1. The van der Waals surface area contributed by atoms with E-state index in [4.69, 9.17) is 11.6 Å². The fourth-order valence-electron chi connectivity index (χ4n) is 2.79. The predicted molar refractivity (Wildman–Crippen MR) is 98.0 cm³/mol. The average Bonchev–Trinajstić information content (AvgIpc) is 2.47. The van der Waals surface area contributed by atoms with Crippen molar-refractivity contribution in [2.75, 3.05) is 26.6 Å². The molecule has 0 heterocycles. The van der Waals surface area contributed by atoms with Gasteiger partial charge in [-0.25, -0.2) is 0 Å². The molecule has 0 aliphatic rings. The molecule has 0 radical (unpaired) electrons. The zero-order chi connectivity index (χ0) is 15.8. The van der Waals surface area contributed by atoms with Crippen LogP contribution in [0.15, 0.2) is 0 Å². The quantitative estimate of drug-likeness (QED) is 0.161. The first-order chi connectivity index (χ1) is 10.1. The lowest BCUT2D eigenvalue weighted by molar-refractivity contribution is -0.879. The molecule has 0 aromatic carbocycles. The molecule has 0 spiro atoms. The molecule has 3 heteroatoms. The number of rotatable bonds is 16. The Kier molecular flexibility index (Phi) is 20.5. The highest BCUT2D eigenvalue weighted by Gasteiger charge is 2.11. The third-order valence-electron chi connectivity index (χ3n) is 4.44. The summed E-state index contributed by atoms with van der Waals surface area (Å²) in [5.74, 6) is 0. The van der Waals surface area contributed by atoms with Crippen molar-refractivity contribution < 1.29 is 21.5 Å². The first-order valence-corrected chi connectivity index (χ1v) is 10.0. The van der Waals surface area contributed by atoms with Crippen LogP contribution in [-0.2, 0) is 0 Å². The molecule has 0 amide bonds. The third-order valence-corrected chi connectivity index (χ3v) is 5.09. The second-order valence-corrected chi connectivity index (χ2v) is 7.61. The van der Waals surface area contributed by atoms with Gasteiger partial charge in [-0.2, -0.15) is 0 Å². The monoisotopic (exact) mass is 397 g/mol. The summed E-state index contributed by atoms with van der Waals surface area (Å²) in [6, 6.07) is 0.735. The van der Waals surface area contributed by atoms with E-state index in [0.29, 0.717) is 0 Å². The molecule has 0 atom stereocenters. The van der Waals surface area contributed by atoms with Crippen molar-refractivity contribution in [3.8, 4) is 0 Å². The van der Waals surface area contributed by atoms with Gasteiger partial charge in [0.2, 0.25) is 0 Å². The van der Waals surface area contributed by atoms with Gasteiger partial charge in [0.25, 0.3) is 0 Å². The fraction of sp³-hybridized carbons (Fsp3) is 1.00. The number of hydrogen-bond acceptors (Lipinski definition) is 0. The van der Waals surface area contributed by atoms with Crippen molar-refractivity contribution in [3.63, 3.8) is 0 Å². The molecule has 0 unspecified atom stereocenters. The van der Waals surface area contributed by atoms with Gasteiger partial charge in [0, 0.05) is 0 Å². The normalized spacial score (nSPS) is 11.5. The molecule has 0 bridgehead atoms. The Bertz CT molecular complexity index is 210. The maximum Gasteiger partial charge on any atom is 0.154 e. The van der Waals surface area contributed by atoms with Crippen LogP contribution in [0.5, 0.6) is 0 Å². The minimum absolute atomic E-state index is 0. The molecule has 0 N–H and O–H groups in total. The molecule has 0 saturated carbocycles. The summed E-state index contributed by atoms with van der Waals surface area (Å²) < 4.78 is 0.958. The fourth-order valence-corrected chi connectivity index (χ4v) is 2.91. The lowest BCUT2D eigenvalue weighted by Gasteiger charge is -2.26. The largest absolute Gasteiger partial charge is 1.00 e. The van der Waals surface area contributed by atoms with E-state index in [0.717, 1.165) is 10.5 Å². The van der Waals surface area contributed by atoms with Gasteiger partial charge >= 0.3 is 0 Å². The maximum atomic E-state index is 5.92. The van der Waals surface area contributed by atoms with Crippen LogP contribution in [0.3, 0.4) is 0 Å². The van der Waals surface area contributed by atoms with E-state index in [2.05, 4.69) is 21.0 Å². The van der Waals surface area contributed by atoms with Gasteiger partial charge in [0.15, 0.2) is 6.00 Å². The Morgan fingerprint density at radius 2 is 0.909 bits per heavy atom. The highest BCUT2D eigenvalue weighted by molar-refractivity contribution is 6.16. The van der Waals surface area contributed by atoms with Crippen LogP contribution >= 0.6 is 11.6 Å². The first-order valence-electron chi connectivity index (χ1n) is 9.50. The molecule has 0 aromatic heterocycles. The summed E-state index contributed by atoms with van der Waals surface area (Å²) in [4.78, 5) is 0. The minimum atomic E-state index is 0. The smallest absolute Gasteiger partial charge is 0.154 e. The van der Waals surface area contributed by atoms with Crippen molar-refractivity contribution in [1.82, 2.24) is 0 Å². The molecule has 0 fully saturated rings. The second-order valence-electron chi connectivity index (χ2n) is 7.38. The number of alkyl halides is 1. The summed E-state index contributed by atoms with van der Waals surface area (Å²) in [6.45, 7) is 3.51. The lowest BCUT2D eigenvalue weighted by atomic mass is 10.0. The number of unbranched alkanes of at least 4 members (excludes halogenated alkanes) is 13. The predicted octanol–water partition coefficient (Wildman–Crippen LogP) is 3.74. The van der Waals surface area contributed by atoms with Crippen molar-refractivity contribution in [3.05, 3.63) is 0 Å². The van der Waals surface area contributed by atoms with Crippen LogP contribution in [-0.4, -0.2) is 31.1 Å². The van der Waals surface area contributed by atoms with Crippen molar-refractivity contribution >= 4 is 11.6 Å². The van der Waals surface area contributed by atoms with Gasteiger partial charge in [0.05, 0.1) is 20.6 Å². The molecule has 22 heavy (non-hydrogen) atoms. The summed E-state index contributed by atoms with van der Waals surface area (Å²) in [5, 5.41) is 0. The molecule has 0 aliphatic heterocycles. The highest BCUT2D eigenvalue weighted by atomic mass is 79.9. The third kappa shape index (κ3) is 18.8. The number of nitrogens with zero attached hydrogens (tertiary/aromatic N) is 1. The number of quaternary nitrogens is 1. The van der Waals surface area contributed by atoms with E-state index in [-0.39, 0.29) is 17.0 Å². The van der Waals surface area contributed by atoms with Gasteiger partial charge < -0.3 is 21.5 Å². The summed E-state index contributed by atoms with van der Waals surface area (Å²) in [6.07, 6.45) is 20.0. The van der Waals surface area contributed by atoms with Crippen LogP contribution in [0.25, 0.3) is 0 Å².